The van der Waals surface area contributed by atoms with Gasteiger partial charge in [0, 0.05) is 0 Å². The molecule has 5 heteroatoms. The molecule has 1 saturated heterocycles. The van der Waals surface area contributed by atoms with Gasteiger partial charge < -0.3 is 9.47 Å². The van der Waals surface area contributed by atoms with Crippen molar-refractivity contribution in [2.24, 2.45) is 23.2 Å². The molecule has 3 aliphatic carbocycles. The molecule has 90 valence electrons. The third-order valence-electron chi connectivity index (χ3n) is 4.20. The van der Waals surface area contributed by atoms with Crippen molar-refractivity contribution >= 4 is 17.9 Å². The van der Waals surface area contributed by atoms with Crippen molar-refractivity contribution in [1.82, 2.24) is 0 Å². The quantitative estimate of drug-likeness (QED) is 0.375. The fraction of sp³-hybridized carbons (Fsp3) is 0.583. The molecule has 0 amide bonds. The number of carbonyl (C=O) groups is 3. The molecule has 0 N–H and O–H groups in total. The lowest BCUT2D eigenvalue weighted by molar-refractivity contribution is -0.163. The summed E-state index contributed by atoms with van der Waals surface area (Å²) in [5.74, 6) is -2.70. The van der Waals surface area contributed by atoms with Crippen molar-refractivity contribution in [3.05, 3.63) is 12.2 Å². The molecule has 1 aliphatic heterocycles. The first kappa shape index (κ1) is 10.5. The average Bonchev–Trinajstić information content (AvgIpc) is 2.68. The first-order valence-electron chi connectivity index (χ1n) is 5.63. The van der Waals surface area contributed by atoms with E-state index in [0.29, 0.717) is 6.42 Å². The molecule has 4 aliphatic rings. The minimum Gasteiger partial charge on any atom is -0.468 e. The van der Waals surface area contributed by atoms with E-state index in [0.717, 1.165) is 6.42 Å². The number of methoxy groups -OCH3 is 1. The van der Waals surface area contributed by atoms with E-state index in [1.54, 1.807) is 6.08 Å². The SMILES string of the molecule is COC(=O)C12C=CC(CC1)C1C(=O)OC(=O)C12. The standard InChI is InChI=1S/C12H12O5/c1-16-11(15)12-4-2-6(3-5-12)7-8(12)10(14)17-9(7)13/h2,4,6-8H,3,5H2,1H3. The van der Waals surface area contributed by atoms with Gasteiger partial charge in [-0.3, -0.25) is 14.4 Å². The highest BCUT2D eigenvalue weighted by Gasteiger charge is 2.65. The van der Waals surface area contributed by atoms with E-state index < -0.39 is 35.2 Å². The lowest BCUT2D eigenvalue weighted by Gasteiger charge is -2.44. The van der Waals surface area contributed by atoms with Gasteiger partial charge in [-0.05, 0) is 18.8 Å². The van der Waals surface area contributed by atoms with Gasteiger partial charge in [0.05, 0.1) is 18.9 Å². The van der Waals surface area contributed by atoms with Gasteiger partial charge >= 0.3 is 17.9 Å². The van der Waals surface area contributed by atoms with E-state index in [-0.39, 0.29) is 5.92 Å². The molecule has 0 spiro atoms. The summed E-state index contributed by atoms with van der Waals surface area (Å²) in [6.07, 6.45) is 4.84. The molecule has 4 rings (SSSR count). The number of rotatable bonds is 1. The van der Waals surface area contributed by atoms with E-state index in [1.807, 2.05) is 6.08 Å². The third kappa shape index (κ3) is 1.11. The van der Waals surface area contributed by atoms with Gasteiger partial charge in [0.15, 0.2) is 0 Å². The van der Waals surface area contributed by atoms with Gasteiger partial charge in [-0.2, -0.15) is 0 Å². The largest absolute Gasteiger partial charge is 0.468 e. The molecule has 17 heavy (non-hydrogen) atoms. The van der Waals surface area contributed by atoms with Crippen LogP contribution in [-0.4, -0.2) is 25.0 Å². The van der Waals surface area contributed by atoms with Crippen molar-refractivity contribution in [2.45, 2.75) is 12.8 Å². The molecule has 1 saturated carbocycles. The predicted octanol–water partition coefficient (Wildman–Crippen LogP) is 0.441. The Kier molecular flexibility index (Phi) is 1.97. The van der Waals surface area contributed by atoms with Crippen molar-refractivity contribution < 1.29 is 23.9 Å². The summed E-state index contributed by atoms with van der Waals surface area (Å²) in [6.45, 7) is 0. The van der Waals surface area contributed by atoms with Crippen LogP contribution in [0.3, 0.4) is 0 Å². The maximum absolute atomic E-state index is 11.9. The molecule has 0 radical (unpaired) electrons. The second-order valence-electron chi connectivity index (χ2n) is 4.84. The van der Waals surface area contributed by atoms with E-state index in [4.69, 9.17) is 4.74 Å². The van der Waals surface area contributed by atoms with Gasteiger partial charge in [0.1, 0.15) is 5.41 Å². The van der Waals surface area contributed by atoms with Crippen molar-refractivity contribution in [3.8, 4) is 0 Å². The highest BCUT2D eigenvalue weighted by Crippen LogP contribution is 2.56. The first-order chi connectivity index (χ1) is 8.10. The van der Waals surface area contributed by atoms with Crippen molar-refractivity contribution in [3.63, 3.8) is 0 Å². The summed E-state index contributed by atoms with van der Waals surface area (Å²) in [7, 11) is 1.29. The van der Waals surface area contributed by atoms with Gasteiger partial charge in [0.2, 0.25) is 0 Å². The lowest BCUT2D eigenvalue weighted by Crippen LogP contribution is -2.51. The van der Waals surface area contributed by atoms with Crippen LogP contribution in [0.15, 0.2) is 12.2 Å². The maximum Gasteiger partial charge on any atom is 0.318 e. The molecule has 5 nitrogen and oxygen atoms in total. The summed E-state index contributed by atoms with van der Waals surface area (Å²) in [4.78, 5) is 35.3. The summed E-state index contributed by atoms with van der Waals surface area (Å²) >= 11 is 0. The van der Waals surface area contributed by atoms with Gasteiger partial charge in [0.25, 0.3) is 0 Å². The van der Waals surface area contributed by atoms with Crippen molar-refractivity contribution in [1.29, 1.82) is 0 Å². The number of carbonyl (C=O) groups excluding carboxylic acids is 3. The summed E-state index contributed by atoms with van der Waals surface area (Å²) in [6, 6.07) is 0. The van der Waals surface area contributed by atoms with Crippen LogP contribution in [0.2, 0.25) is 0 Å². The number of cyclic esters (lactones) is 2. The van der Waals surface area contributed by atoms with Crippen LogP contribution in [0.1, 0.15) is 12.8 Å². The molecule has 2 bridgehead atoms. The van der Waals surface area contributed by atoms with Crippen LogP contribution in [0, 0.1) is 23.2 Å². The van der Waals surface area contributed by atoms with Crippen molar-refractivity contribution in [2.75, 3.05) is 7.11 Å². The Hall–Kier alpha value is -1.65. The number of allylic oxidation sites excluding steroid dienone is 1. The highest BCUT2D eigenvalue weighted by molar-refractivity contribution is 6.01. The number of esters is 3. The van der Waals surface area contributed by atoms with Crippen LogP contribution < -0.4 is 0 Å². The zero-order chi connectivity index (χ0) is 12.2. The average molecular weight is 236 g/mol. The number of hydrogen-bond donors (Lipinski definition) is 0. The molecule has 0 aromatic carbocycles. The fourth-order valence-corrected chi connectivity index (χ4v) is 3.39. The van der Waals surface area contributed by atoms with E-state index >= 15 is 0 Å². The molecule has 1 heterocycles. The first-order valence-corrected chi connectivity index (χ1v) is 5.63. The second kappa shape index (κ2) is 3.18. The molecule has 0 aromatic heterocycles. The van der Waals surface area contributed by atoms with E-state index in [2.05, 4.69) is 4.74 Å². The Morgan fingerprint density at radius 1 is 1.47 bits per heavy atom. The van der Waals surface area contributed by atoms with Gasteiger partial charge in [-0.1, -0.05) is 12.2 Å². The Bertz CT molecular complexity index is 452. The topological polar surface area (TPSA) is 69.7 Å². The smallest absolute Gasteiger partial charge is 0.318 e. The van der Waals surface area contributed by atoms with Crippen LogP contribution in [-0.2, 0) is 23.9 Å². The Balaban J connectivity index is 2.12. The predicted molar refractivity (Wildman–Crippen MR) is 54.4 cm³/mol. The second-order valence-corrected chi connectivity index (χ2v) is 4.84. The number of ether oxygens (including phenoxy) is 2. The Labute approximate surface area is 97.8 Å². The normalized spacial score (nSPS) is 42.3. The number of fused-ring (bicyclic) bond motifs is 1. The zero-order valence-electron chi connectivity index (χ0n) is 9.34. The summed E-state index contributed by atoms with van der Waals surface area (Å²) < 4.78 is 9.47. The summed E-state index contributed by atoms with van der Waals surface area (Å²) in [5.41, 5.74) is -0.989. The molecule has 4 unspecified atom stereocenters. The van der Waals surface area contributed by atoms with Crippen LogP contribution >= 0.6 is 0 Å². The molecular weight excluding hydrogens is 224 g/mol. The maximum atomic E-state index is 11.9. The van der Waals surface area contributed by atoms with E-state index in [9.17, 15) is 14.4 Å². The molecule has 2 fully saturated rings. The van der Waals surface area contributed by atoms with Gasteiger partial charge in [-0.15, -0.1) is 0 Å². The van der Waals surface area contributed by atoms with Crippen LogP contribution in [0.4, 0.5) is 0 Å². The van der Waals surface area contributed by atoms with Crippen LogP contribution in [0.5, 0.6) is 0 Å². The lowest BCUT2D eigenvalue weighted by atomic mass is 9.55. The Morgan fingerprint density at radius 3 is 2.82 bits per heavy atom. The summed E-state index contributed by atoms with van der Waals surface area (Å²) in [5, 5.41) is 0. The third-order valence-corrected chi connectivity index (χ3v) is 4.20. The highest BCUT2D eigenvalue weighted by atomic mass is 16.6. The number of hydrogen-bond acceptors (Lipinski definition) is 5. The fourth-order valence-electron chi connectivity index (χ4n) is 3.39. The van der Waals surface area contributed by atoms with E-state index in [1.165, 1.54) is 7.11 Å². The Morgan fingerprint density at radius 2 is 2.24 bits per heavy atom. The minimum absolute atomic E-state index is 0.0190. The molecule has 0 aromatic rings. The van der Waals surface area contributed by atoms with Gasteiger partial charge in [-0.25, -0.2) is 0 Å². The van der Waals surface area contributed by atoms with Crippen LogP contribution in [0.25, 0.3) is 0 Å². The minimum atomic E-state index is -0.989. The molecule has 4 atom stereocenters. The monoisotopic (exact) mass is 236 g/mol. The molecular formula is C12H12O5. The zero-order valence-corrected chi connectivity index (χ0v) is 9.34.